The first-order chi connectivity index (χ1) is 13.1. The molecular formula is C17H25N7OS2. The zero-order chi connectivity index (χ0) is 19.0. The number of carbonyl (C=O) groups is 1. The lowest BCUT2D eigenvalue weighted by molar-refractivity contribution is -0.118. The highest BCUT2D eigenvalue weighted by molar-refractivity contribution is 7.73. The number of likely N-dealkylation sites (tertiary alicyclic amines) is 1. The fourth-order valence-electron chi connectivity index (χ4n) is 3.64. The highest BCUT2D eigenvalue weighted by atomic mass is 32.1. The van der Waals surface area contributed by atoms with Crippen molar-refractivity contribution in [2.45, 2.75) is 57.7 Å². The number of piperidine rings is 1. The summed E-state index contributed by atoms with van der Waals surface area (Å²) in [5.74, 6) is 1.67. The minimum absolute atomic E-state index is 0.137. The predicted molar refractivity (Wildman–Crippen MR) is 106 cm³/mol. The SMILES string of the molecule is CCC(=O)N(c1nn(CN2CCC(c3nncn3C)CC2)c(=S)s1)C1CC1. The minimum Gasteiger partial charge on any atom is -0.320 e. The van der Waals surface area contributed by atoms with Crippen molar-refractivity contribution >= 4 is 34.6 Å². The fraction of sp³-hybridized carbons (Fsp3) is 0.706. The second-order valence-corrected chi connectivity index (χ2v) is 8.93. The van der Waals surface area contributed by atoms with Crippen LogP contribution in [0, 0.1) is 3.95 Å². The van der Waals surface area contributed by atoms with Gasteiger partial charge in [-0.2, -0.15) is 0 Å². The summed E-state index contributed by atoms with van der Waals surface area (Å²) in [5, 5.41) is 13.7. The minimum atomic E-state index is 0.137. The Labute approximate surface area is 167 Å². The number of rotatable bonds is 6. The standard InChI is InChI=1S/C17H25N7OS2/c1-3-14(25)24(13-4-5-13)16-20-23(17(26)27-16)11-22-8-6-12(7-9-22)15-19-18-10-21(15)2/h10,12-13H,3-9,11H2,1-2H3. The molecule has 146 valence electrons. The third kappa shape index (κ3) is 3.97. The molecular weight excluding hydrogens is 382 g/mol. The number of hydrogen-bond donors (Lipinski definition) is 0. The van der Waals surface area contributed by atoms with Gasteiger partial charge in [0.2, 0.25) is 11.0 Å². The Bertz CT molecular complexity index is 861. The molecule has 10 heteroatoms. The molecule has 1 saturated carbocycles. The topological polar surface area (TPSA) is 72.1 Å². The Morgan fingerprint density at radius 3 is 2.67 bits per heavy atom. The van der Waals surface area contributed by atoms with Crippen LogP contribution in [0.4, 0.5) is 5.13 Å². The van der Waals surface area contributed by atoms with Crippen LogP contribution >= 0.6 is 23.6 Å². The molecule has 8 nitrogen and oxygen atoms in total. The van der Waals surface area contributed by atoms with Gasteiger partial charge in [0.25, 0.3) is 0 Å². The Morgan fingerprint density at radius 2 is 2.07 bits per heavy atom. The molecule has 2 aliphatic rings. The molecule has 27 heavy (non-hydrogen) atoms. The van der Waals surface area contributed by atoms with Crippen LogP contribution in [0.2, 0.25) is 0 Å². The lowest BCUT2D eigenvalue weighted by Crippen LogP contribution is -2.36. The van der Waals surface area contributed by atoms with Crippen LogP contribution < -0.4 is 4.90 Å². The third-order valence-electron chi connectivity index (χ3n) is 5.32. The van der Waals surface area contributed by atoms with Crippen LogP contribution in [0.5, 0.6) is 0 Å². The summed E-state index contributed by atoms with van der Waals surface area (Å²) in [4.78, 5) is 16.5. The van der Waals surface area contributed by atoms with Gasteiger partial charge in [-0.15, -0.1) is 15.3 Å². The van der Waals surface area contributed by atoms with Crippen molar-refractivity contribution in [1.82, 2.24) is 29.4 Å². The Hall–Kier alpha value is -1.65. The Kier molecular flexibility index (Phi) is 5.38. The highest BCUT2D eigenvalue weighted by Crippen LogP contribution is 2.34. The zero-order valence-electron chi connectivity index (χ0n) is 15.7. The number of carbonyl (C=O) groups excluding carboxylic acids is 1. The predicted octanol–water partition coefficient (Wildman–Crippen LogP) is 2.55. The summed E-state index contributed by atoms with van der Waals surface area (Å²) in [5.41, 5.74) is 0. The summed E-state index contributed by atoms with van der Waals surface area (Å²) < 4.78 is 4.62. The van der Waals surface area contributed by atoms with E-state index >= 15 is 0 Å². The van der Waals surface area contributed by atoms with Gasteiger partial charge in [0.15, 0.2) is 3.95 Å². The number of hydrogen-bond acceptors (Lipinski definition) is 7. The lowest BCUT2D eigenvalue weighted by Gasteiger charge is -2.31. The van der Waals surface area contributed by atoms with E-state index in [9.17, 15) is 4.79 Å². The van der Waals surface area contributed by atoms with Crippen LogP contribution in [0.15, 0.2) is 6.33 Å². The maximum atomic E-state index is 12.3. The molecule has 0 radical (unpaired) electrons. The van der Waals surface area contributed by atoms with Crippen molar-refractivity contribution in [1.29, 1.82) is 0 Å². The average molecular weight is 408 g/mol. The van der Waals surface area contributed by atoms with Crippen LogP contribution in [-0.4, -0.2) is 54.5 Å². The van der Waals surface area contributed by atoms with Gasteiger partial charge in [-0.05, 0) is 37.9 Å². The summed E-state index contributed by atoms with van der Waals surface area (Å²) in [7, 11) is 2.00. The van der Waals surface area contributed by atoms with Crippen molar-refractivity contribution in [3.8, 4) is 0 Å². The average Bonchev–Trinajstić information content (AvgIpc) is 3.30. The fourth-order valence-corrected chi connectivity index (χ4v) is 4.81. The number of anilines is 1. The van der Waals surface area contributed by atoms with Gasteiger partial charge in [-0.3, -0.25) is 14.6 Å². The van der Waals surface area contributed by atoms with Gasteiger partial charge < -0.3 is 4.57 Å². The third-order valence-corrected chi connectivity index (χ3v) is 6.62. The molecule has 0 atom stereocenters. The molecule has 2 fully saturated rings. The van der Waals surface area contributed by atoms with Crippen molar-refractivity contribution < 1.29 is 4.79 Å². The quantitative estimate of drug-likeness (QED) is 0.685. The smallest absolute Gasteiger partial charge is 0.228 e. The second-order valence-electron chi connectivity index (χ2n) is 7.33. The highest BCUT2D eigenvalue weighted by Gasteiger charge is 2.35. The van der Waals surface area contributed by atoms with E-state index in [0.29, 0.717) is 25.0 Å². The lowest BCUT2D eigenvalue weighted by atomic mass is 9.96. The Morgan fingerprint density at radius 1 is 1.33 bits per heavy atom. The zero-order valence-corrected chi connectivity index (χ0v) is 17.4. The van der Waals surface area contributed by atoms with Crippen molar-refractivity contribution in [2.24, 2.45) is 7.05 Å². The number of aromatic nitrogens is 5. The molecule has 1 amide bonds. The van der Waals surface area contributed by atoms with E-state index in [2.05, 4.69) is 20.2 Å². The van der Waals surface area contributed by atoms with Crippen molar-refractivity contribution in [3.05, 3.63) is 16.1 Å². The largest absolute Gasteiger partial charge is 0.320 e. The van der Waals surface area contributed by atoms with Crippen LogP contribution in [-0.2, 0) is 18.5 Å². The molecule has 0 spiro atoms. The first-order valence-electron chi connectivity index (χ1n) is 9.53. The summed E-state index contributed by atoms with van der Waals surface area (Å²) in [6, 6.07) is 0.314. The number of nitrogens with zero attached hydrogens (tertiary/aromatic N) is 7. The molecule has 0 bridgehead atoms. The molecule has 4 rings (SSSR count). The van der Waals surface area contributed by atoms with Crippen LogP contribution in [0.1, 0.15) is 50.8 Å². The molecule has 2 aromatic heterocycles. The van der Waals surface area contributed by atoms with Gasteiger partial charge in [-0.25, -0.2) is 4.68 Å². The van der Waals surface area contributed by atoms with Crippen LogP contribution in [0.25, 0.3) is 0 Å². The molecule has 3 heterocycles. The van der Waals surface area contributed by atoms with Crippen LogP contribution in [0.3, 0.4) is 0 Å². The summed E-state index contributed by atoms with van der Waals surface area (Å²) in [6.07, 6.45) is 6.50. The number of amides is 1. The molecule has 1 aliphatic carbocycles. The maximum Gasteiger partial charge on any atom is 0.228 e. The molecule has 0 N–H and O–H groups in total. The first-order valence-corrected chi connectivity index (χ1v) is 10.8. The van der Waals surface area contributed by atoms with E-state index in [0.717, 1.165) is 53.7 Å². The summed E-state index contributed by atoms with van der Waals surface area (Å²) >= 11 is 6.98. The van der Waals surface area contributed by atoms with E-state index < -0.39 is 0 Å². The van der Waals surface area contributed by atoms with Gasteiger partial charge in [0.05, 0.1) is 6.67 Å². The molecule has 0 aromatic carbocycles. The summed E-state index contributed by atoms with van der Waals surface area (Å²) in [6.45, 7) is 4.54. The Balaban J connectivity index is 1.40. The van der Waals surface area contributed by atoms with Gasteiger partial charge in [-0.1, -0.05) is 18.3 Å². The van der Waals surface area contributed by atoms with Crippen molar-refractivity contribution in [2.75, 3.05) is 18.0 Å². The van der Waals surface area contributed by atoms with Crippen molar-refractivity contribution in [3.63, 3.8) is 0 Å². The van der Waals surface area contributed by atoms with Gasteiger partial charge >= 0.3 is 0 Å². The maximum absolute atomic E-state index is 12.3. The van der Waals surface area contributed by atoms with Gasteiger partial charge in [0, 0.05) is 38.5 Å². The van der Waals surface area contributed by atoms with E-state index in [1.807, 2.05) is 28.1 Å². The van der Waals surface area contributed by atoms with Gasteiger partial charge in [0.1, 0.15) is 12.2 Å². The number of aryl methyl sites for hydroxylation is 1. The molecule has 1 aliphatic heterocycles. The molecule has 1 saturated heterocycles. The first kappa shape index (κ1) is 18.7. The normalized spacial score (nSPS) is 18.7. The van der Waals surface area contributed by atoms with E-state index in [1.54, 1.807) is 6.33 Å². The second kappa shape index (κ2) is 7.76. The molecule has 2 aromatic rings. The van der Waals surface area contributed by atoms with E-state index in [1.165, 1.54) is 11.3 Å². The molecule has 0 unspecified atom stereocenters. The van der Waals surface area contributed by atoms with E-state index in [4.69, 9.17) is 12.2 Å². The monoisotopic (exact) mass is 407 g/mol. The van der Waals surface area contributed by atoms with E-state index in [-0.39, 0.29) is 5.91 Å².